The Morgan fingerprint density at radius 1 is 0.431 bits per heavy atom. The van der Waals surface area contributed by atoms with Crippen LogP contribution in [-0.4, -0.2) is 18.2 Å². The average molecular weight is 854 g/mol. The fourth-order valence-electron chi connectivity index (χ4n) is 8.08. The zero-order valence-corrected chi connectivity index (χ0v) is 31.9. The lowest BCUT2D eigenvalue weighted by molar-refractivity contribution is 0.225. The first-order chi connectivity index (χ1) is 26.9. The van der Waals surface area contributed by atoms with Crippen molar-refractivity contribution < 1.29 is 75.3 Å². The fraction of sp³-hybridized carbons (Fsp3) is 0.205. The lowest BCUT2D eigenvalue weighted by Crippen LogP contribution is -2.75. The Bertz CT molecular complexity index is 2240. The largest absolute Gasteiger partial charge is 0.646 e. The van der Waals surface area contributed by atoms with Gasteiger partial charge in [-0.25, -0.2) is 70.7 Å². The van der Waals surface area contributed by atoms with Crippen molar-refractivity contribution in [1.29, 1.82) is 0 Å². The molecule has 19 heteroatoms. The van der Waals surface area contributed by atoms with Gasteiger partial charge in [0, 0.05) is 0 Å². The van der Waals surface area contributed by atoms with E-state index >= 15 is 57.5 Å². The molecule has 0 atom stereocenters. The van der Waals surface area contributed by atoms with Gasteiger partial charge in [-0.2, -0.15) is 0 Å². The summed E-state index contributed by atoms with van der Waals surface area (Å²) in [4.78, 5) is 15.5. The quantitative estimate of drug-likeness (QED) is 0.0512. The Morgan fingerprint density at radius 2 is 0.638 bits per heavy atom. The summed E-state index contributed by atoms with van der Waals surface area (Å²) in [6.45, 7) is 10.2. The standard InChI is InChI=1S/C39H27BF15O2P/c1-8-58(37-15(4)9-13(2)10-16(37)5,38-17(6)11-14(3)12-18(38)7)39(56)57-40(19-22(41)28(47)34(53)29(48)23(19)42,20-24(43)30(49)35(54)31(50)25(20)44)21-26(45)32(51)36(55)33(52)27(21)46/h9-12H,8H2,1-7H3. The van der Waals surface area contributed by atoms with Crippen LogP contribution in [0.15, 0.2) is 24.3 Å². The Labute approximate surface area is 320 Å². The molecule has 58 heavy (non-hydrogen) atoms. The second-order valence-corrected chi connectivity index (χ2v) is 17.3. The molecule has 0 radical (unpaired) electrons. The molecule has 0 amide bonds. The van der Waals surface area contributed by atoms with Gasteiger partial charge in [-0.3, -0.25) is 0 Å². The predicted octanol–water partition coefficient (Wildman–Crippen LogP) is 9.42. The summed E-state index contributed by atoms with van der Waals surface area (Å²) in [5.41, 5.74) is -9.20. The normalized spacial score (nSPS) is 12.1. The van der Waals surface area contributed by atoms with Crippen LogP contribution < -0.4 is 27.0 Å². The zero-order valence-electron chi connectivity index (χ0n) is 31.0. The van der Waals surface area contributed by atoms with Gasteiger partial charge in [0.2, 0.25) is 0 Å². The second kappa shape index (κ2) is 15.3. The van der Waals surface area contributed by atoms with Crippen LogP contribution in [0.1, 0.15) is 40.3 Å². The third-order valence-electron chi connectivity index (χ3n) is 10.0. The number of hydrogen-bond donors (Lipinski definition) is 0. The first-order valence-corrected chi connectivity index (χ1v) is 18.8. The summed E-state index contributed by atoms with van der Waals surface area (Å²) in [6.07, 6.45) is -7.14. The van der Waals surface area contributed by atoms with E-state index in [-0.39, 0.29) is 32.9 Å². The summed E-state index contributed by atoms with van der Waals surface area (Å²) >= 11 is 0. The maximum atomic E-state index is 16.3. The Morgan fingerprint density at radius 3 is 0.845 bits per heavy atom. The number of aryl methyl sites for hydroxylation is 6. The van der Waals surface area contributed by atoms with Crippen molar-refractivity contribution in [3.63, 3.8) is 0 Å². The fourth-order valence-corrected chi connectivity index (χ4v) is 12.6. The Balaban J connectivity index is 2.21. The summed E-state index contributed by atoms with van der Waals surface area (Å²) in [7, 11) is -4.48. The molecule has 0 aliphatic heterocycles. The van der Waals surface area contributed by atoms with Gasteiger partial charge in [0.15, 0.2) is 59.6 Å². The molecule has 0 saturated heterocycles. The molecule has 0 fully saturated rings. The van der Waals surface area contributed by atoms with Gasteiger partial charge in [-0.15, -0.1) is 0 Å². The highest BCUT2D eigenvalue weighted by molar-refractivity contribution is 8.02. The van der Waals surface area contributed by atoms with Crippen molar-refractivity contribution in [2.24, 2.45) is 0 Å². The van der Waals surface area contributed by atoms with E-state index < -0.39 is 129 Å². The van der Waals surface area contributed by atoms with E-state index in [4.69, 9.17) is 4.65 Å². The molecule has 308 valence electrons. The molecule has 0 N–H and O–H groups in total. The van der Waals surface area contributed by atoms with Gasteiger partial charge in [0.1, 0.15) is 45.5 Å². The maximum absolute atomic E-state index is 16.3. The van der Waals surface area contributed by atoms with E-state index in [0.29, 0.717) is 11.1 Å². The molecule has 2 nitrogen and oxygen atoms in total. The number of carbonyl (C=O) groups is 1. The van der Waals surface area contributed by atoms with Crippen molar-refractivity contribution in [2.45, 2.75) is 48.5 Å². The van der Waals surface area contributed by atoms with Gasteiger partial charge >= 0.3 is 5.71 Å². The first-order valence-electron chi connectivity index (χ1n) is 16.8. The minimum Gasteiger partial charge on any atom is -0.646 e. The van der Waals surface area contributed by atoms with Crippen molar-refractivity contribution in [1.82, 2.24) is 0 Å². The van der Waals surface area contributed by atoms with Gasteiger partial charge in [0.25, 0.3) is 6.35 Å². The Kier molecular flexibility index (Phi) is 11.7. The summed E-state index contributed by atoms with van der Waals surface area (Å²) in [5, 5.41) is -0.0322. The molecule has 0 bridgehead atoms. The summed E-state index contributed by atoms with van der Waals surface area (Å²) in [6, 6.07) is 5.98. The van der Waals surface area contributed by atoms with Crippen LogP contribution >= 0.6 is 7.26 Å². The molecule has 5 aromatic rings. The van der Waals surface area contributed by atoms with Crippen LogP contribution in [0.25, 0.3) is 0 Å². The molecule has 5 aromatic carbocycles. The molecule has 0 saturated carbocycles. The highest BCUT2D eigenvalue weighted by atomic mass is 31.2. The SMILES string of the molecule is CC[P+](C(=O)O[B-](c1c(F)c(F)c(F)c(F)c1F)(c1c(F)c(F)c(F)c(F)c1F)c1c(F)c(F)c(F)c(F)c1F)(c1c(C)cc(C)cc1C)c1c(C)cc(C)cc1C. The molecular weight excluding hydrogens is 827 g/mol. The smallest absolute Gasteiger partial charge is 0.415 e. The predicted molar refractivity (Wildman–Crippen MR) is 188 cm³/mol. The highest BCUT2D eigenvalue weighted by Crippen LogP contribution is 2.61. The lowest BCUT2D eigenvalue weighted by atomic mass is 9.27. The second-order valence-electron chi connectivity index (χ2n) is 13.7. The number of halogens is 15. The molecule has 0 aliphatic carbocycles. The molecule has 0 heterocycles. The first kappa shape index (κ1) is 44.1. The van der Waals surface area contributed by atoms with Gasteiger partial charge < -0.3 is 4.65 Å². The number of rotatable bonds is 8. The molecular formula is C39H27BF15O2P. The molecule has 0 aromatic heterocycles. The van der Waals surface area contributed by atoms with E-state index in [1.165, 1.54) is 58.9 Å². The van der Waals surface area contributed by atoms with Crippen molar-refractivity contribution in [2.75, 3.05) is 6.16 Å². The minimum atomic E-state index is -6.61. The average Bonchev–Trinajstić information content (AvgIpc) is 3.14. The maximum Gasteiger partial charge on any atom is 0.415 e. The number of carbonyl (C=O) groups excluding carboxylic acids is 1. The minimum absolute atomic E-state index is 0.0161. The molecule has 0 spiro atoms. The van der Waals surface area contributed by atoms with Crippen LogP contribution in [0.3, 0.4) is 0 Å². The van der Waals surface area contributed by atoms with Crippen molar-refractivity contribution >= 4 is 46.3 Å². The van der Waals surface area contributed by atoms with Gasteiger partial charge in [0.05, 0.1) is 6.16 Å². The van der Waals surface area contributed by atoms with Gasteiger partial charge in [-0.05, 0) is 70.7 Å². The van der Waals surface area contributed by atoms with Gasteiger partial charge in [-0.1, -0.05) is 51.8 Å². The third kappa shape index (κ3) is 6.24. The third-order valence-corrected chi connectivity index (χ3v) is 14.7. The molecule has 0 aliphatic rings. The Hall–Kier alpha value is -4.99. The van der Waals surface area contributed by atoms with Crippen LogP contribution in [0.4, 0.5) is 70.7 Å². The van der Waals surface area contributed by atoms with Crippen molar-refractivity contribution in [3.05, 3.63) is 145 Å². The monoisotopic (exact) mass is 854 g/mol. The van der Waals surface area contributed by atoms with Crippen LogP contribution in [0.2, 0.25) is 0 Å². The summed E-state index contributed by atoms with van der Waals surface area (Å²) in [5.74, 6) is -48.1. The van der Waals surface area contributed by atoms with E-state index in [9.17, 15) is 13.2 Å². The lowest BCUT2D eigenvalue weighted by Gasteiger charge is -2.45. The van der Waals surface area contributed by atoms with E-state index in [1.54, 1.807) is 13.8 Å². The van der Waals surface area contributed by atoms with E-state index in [0.717, 1.165) is 0 Å². The van der Waals surface area contributed by atoms with E-state index in [2.05, 4.69) is 0 Å². The highest BCUT2D eigenvalue weighted by Gasteiger charge is 2.59. The topological polar surface area (TPSA) is 26.3 Å². The zero-order chi connectivity index (χ0) is 43.8. The van der Waals surface area contributed by atoms with Crippen molar-refractivity contribution in [3.8, 4) is 0 Å². The van der Waals surface area contributed by atoms with Crippen LogP contribution in [0.5, 0.6) is 0 Å². The van der Waals surface area contributed by atoms with E-state index in [1.807, 2.05) is 0 Å². The molecule has 5 rings (SSSR count). The number of hydrogen-bond acceptors (Lipinski definition) is 2. The molecule has 0 unspecified atom stereocenters. The van der Waals surface area contributed by atoms with Crippen LogP contribution in [-0.2, 0) is 4.65 Å². The van der Waals surface area contributed by atoms with Crippen LogP contribution in [0, 0.1) is 129 Å². The summed E-state index contributed by atoms with van der Waals surface area (Å²) < 4.78 is 238. The number of benzene rings is 5.